The van der Waals surface area contributed by atoms with Gasteiger partial charge in [-0.05, 0) is 55.7 Å². The van der Waals surface area contributed by atoms with Crippen LogP contribution in [-0.2, 0) is 4.79 Å². The highest BCUT2D eigenvalue weighted by molar-refractivity contribution is 5.87. The van der Waals surface area contributed by atoms with Crippen LogP contribution < -0.4 is 15.1 Å². The predicted molar refractivity (Wildman–Crippen MR) is 129 cm³/mol. The third kappa shape index (κ3) is 5.11. The van der Waals surface area contributed by atoms with Gasteiger partial charge in [-0.1, -0.05) is 24.8 Å². The second-order valence-corrected chi connectivity index (χ2v) is 8.07. The number of ether oxygens (including phenoxy) is 1. The van der Waals surface area contributed by atoms with E-state index in [1.807, 2.05) is 43.3 Å². The maximum Gasteiger partial charge on any atom is 0.246 e. The van der Waals surface area contributed by atoms with Gasteiger partial charge in [0, 0.05) is 31.4 Å². The van der Waals surface area contributed by atoms with Gasteiger partial charge in [0.1, 0.15) is 11.5 Å². The number of nitroso groups, excluding NO2 is 1. The van der Waals surface area contributed by atoms with E-state index in [1.54, 1.807) is 23.4 Å². The first-order chi connectivity index (χ1) is 16.1. The number of nitrogens with one attached hydrogen (secondary N) is 1. The van der Waals surface area contributed by atoms with E-state index in [9.17, 15) is 9.70 Å². The number of nitrogens with zero attached hydrogens (tertiary/aromatic N) is 4. The smallest absolute Gasteiger partial charge is 0.246 e. The molecule has 1 fully saturated rings. The van der Waals surface area contributed by atoms with Crippen molar-refractivity contribution in [3.05, 3.63) is 89.5 Å². The molecule has 170 valence electrons. The summed E-state index contributed by atoms with van der Waals surface area (Å²) in [5, 5.41) is 8.11. The maximum atomic E-state index is 11.9. The lowest BCUT2D eigenvalue weighted by Crippen LogP contribution is -2.35. The van der Waals surface area contributed by atoms with Gasteiger partial charge in [0.05, 0.1) is 28.9 Å². The minimum atomic E-state index is -0.205. The van der Waals surface area contributed by atoms with Crippen LogP contribution in [-0.4, -0.2) is 34.9 Å². The number of hydrogen-bond acceptors (Lipinski definition) is 6. The number of hydrogen-bond donors (Lipinski definition) is 1. The number of amides is 1. The monoisotopic (exact) mass is 445 g/mol. The lowest BCUT2D eigenvalue weighted by atomic mass is 10.1. The number of aromatic nitrogens is 1. The summed E-state index contributed by atoms with van der Waals surface area (Å²) in [4.78, 5) is 29.6. The first-order valence-electron chi connectivity index (χ1n) is 11.0. The minimum absolute atomic E-state index is 0.140. The number of aryl methyl sites for hydroxylation is 1. The summed E-state index contributed by atoms with van der Waals surface area (Å²) in [5.74, 6) is 1.62. The largest absolute Gasteiger partial charge is 0.461 e. The van der Waals surface area contributed by atoms with Gasteiger partial charge in [-0.25, -0.2) is 5.01 Å². The summed E-state index contributed by atoms with van der Waals surface area (Å²) < 4.78 is 6.04. The van der Waals surface area contributed by atoms with Crippen molar-refractivity contribution in [3.8, 4) is 5.75 Å². The molecule has 33 heavy (non-hydrogen) atoms. The standard InChI is InChI=1S/C25H27N5O3/c1-3-25(31)29-15-13-20(17-29)30(28-32)23-12-14-26-16-22(23)27-19-8-10-21(11-9-19)33-24-7-5-4-6-18(24)2/h3-8,10,12,14,16,20,27H,1,9,11,13,15,17H2,2H3. The number of anilines is 2. The van der Waals surface area contributed by atoms with Crippen LogP contribution >= 0.6 is 0 Å². The Hall–Kier alpha value is -3.94. The Morgan fingerprint density at radius 2 is 2.15 bits per heavy atom. The molecule has 1 unspecified atom stereocenters. The Morgan fingerprint density at radius 1 is 1.30 bits per heavy atom. The number of benzene rings is 1. The van der Waals surface area contributed by atoms with E-state index < -0.39 is 0 Å². The van der Waals surface area contributed by atoms with E-state index >= 15 is 0 Å². The lowest BCUT2D eigenvalue weighted by molar-refractivity contribution is -0.125. The Labute approximate surface area is 193 Å². The van der Waals surface area contributed by atoms with Crippen LogP contribution in [0.3, 0.4) is 0 Å². The molecule has 1 aliphatic heterocycles. The predicted octanol–water partition coefficient (Wildman–Crippen LogP) is 4.72. The highest BCUT2D eigenvalue weighted by Crippen LogP contribution is 2.32. The molecule has 2 aromatic rings. The molecule has 0 bridgehead atoms. The number of likely N-dealkylation sites (tertiary alicyclic amines) is 1. The summed E-state index contributed by atoms with van der Waals surface area (Å²) in [7, 11) is 0. The molecule has 1 aromatic carbocycles. The highest BCUT2D eigenvalue weighted by atomic mass is 16.5. The van der Waals surface area contributed by atoms with Gasteiger partial charge in [-0.3, -0.25) is 9.78 Å². The van der Waals surface area contributed by atoms with Crippen LogP contribution in [0.5, 0.6) is 5.75 Å². The minimum Gasteiger partial charge on any atom is -0.461 e. The summed E-state index contributed by atoms with van der Waals surface area (Å²) in [5.41, 5.74) is 3.40. The second-order valence-electron chi connectivity index (χ2n) is 8.07. The second kappa shape index (κ2) is 10.1. The van der Waals surface area contributed by atoms with Crippen molar-refractivity contribution in [1.29, 1.82) is 0 Å². The lowest BCUT2D eigenvalue weighted by Gasteiger charge is -2.26. The van der Waals surface area contributed by atoms with Gasteiger partial charge in [0.25, 0.3) is 0 Å². The van der Waals surface area contributed by atoms with Crippen LogP contribution in [0.15, 0.2) is 84.3 Å². The van der Waals surface area contributed by atoms with Crippen molar-refractivity contribution in [1.82, 2.24) is 9.88 Å². The summed E-state index contributed by atoms with van der Waals surface area (Å²) in [6.07, 6.45) is 10.7. The molecule has 1 atom stereocenters. The summed E-state index contributed by atoms with van der Waals surface area (Å²) in [6.45, 7) is 6.54. The summed E-state index contributed by atoms with van der Waals surface area (Å²) in [6, 6.07) is 9.49. The van der Waals surface area contributed by atoms with Crippen LogP contribution in [0, 0.1) is 11.8 Å². The van der Waals surface area contributed by atoms with Gasteiger partial charge in [0.15, 0.2) is 0 Å². The number of allylic oxidation sites excluding steroid dienone is 4. The van der Waals surface area contributed by atoms with Gasteiger partial charge in [-0.15, -0.1) is 4.91 Å². The van der Waals surface area contributed by atoms with E-state index in [0.717, 1.165) is 35.6 Å². The average Bonchev–Trinajstić information content (AvgIpc) is 3.33. The fraction of sp³-hybridized carbons (Fsp3) is 0.280. The Balaban J connectivity index is 1.48. The molecule has 1 amide bonds. The Bertz CT molecular complexity index is 1110. The highest BCUT2D eigenvalue weighted by Gasteiger charge is 2.32. The van der Waals surface area contributed by atoms with Crippen LogP contribution in [0.2, 0.25) is 0 Å². The molecule has 1 N–H and O–H groups in total. The van der Waals surface area contributed by atoms with Crippen molar-refractivity contribution in [2.45, 2.75) is 32.2 Å². The molecule has 0 spiro atoms. The molecule has 1 aromatic heterocycles. The van der Waals surface area contributed by atoms with Crippen molar-refractivity contribution >= 4 is 17.3 Å². The molecule has 1 aliphatic carbocycles. The molecule has 1 saturated heterocycles. The normalized spacial score (nSPS) is 17.6. The molecule has 4 rings (SSSR count). The van der Waals surface area contributed by atoms with Gasteiger partial charge >= 0.3 is 0 Å². The van der Waals surface area contributed by atoms with Gasteiger partial charge < -0.3 is 15.0 Å². The van der Waals surface area contributed by atoms with E-state index in [4.69, 9.17) is 4.74 Å². The Kier molecular flexibility index (Phi) is 6.83. The quantitative estimate of drug-likeness (QED) is 0.360. The zero-order valence-electron chi connectivity index (χ0n) is 18.6. The third-order valence-electron chi connectivity index (χ3n) is 5.87. The molecule has 2 heterocycles. The van der Waals surface area contributed by atoms with Crippen LogP contribution in [0.4, 0.5) is 11.4 Å². The van der Waals surface area contributed by atoms with Crippen molar-refractivity contribution in [2.24, 2.45) is 5.29 Å². The summed E-state index contributed by atoms with van der Waals surface area (Å²) >= 11 is 0. The maximum absolute atomic E-state index is 11.9. The van der Waals surface area contributed by atoms with Crippen LogP contribution in [0.25, 0.3) is 0 Å². The van der Waals surface area contributed by atoms with Gasteiger partial charge in [-0.2, -0.15) is 0 Å². The van der Waals surface area contributed by atoms with E-state index in [-0.39, 0.29) is 11.9 Å². The molecule has 0 saturated carbocycles. The van der Waals surface area contributed by atoms with Gasteiger partial charge in [0.2, 0.25) is 5.91 Å². The van der Waals surface area contributed by atoms with E-state index in [0.29, 0.717) is 30.9 Å². The van der Waals surface area contributed by atoms with E-state index in [2.05, 4.69) is 22.2 Å². The number of pyridine rings is 1. The molecule has 2 aliphatic rings. The number of para-hydroxylation sites is 1. The molecular weight excluding hydrogens is 418 g/mol. The number of carbonyl (C=O) groups is 1. The zero-order valence-corrected chi connectivity index (χ0v) is 18.6. The fourth-order valence-electron chi connectivity index (χ4n) is 4.05. The van der Waals surface area contributed by atoms with E-state index in [1.165, 1.54) is 11.1 Å². The molecule has 8 heteroatoms. The molecular formula is C25H27N5O3. The molecule has 8 nitrogen and oxygen atoms in total. The number of rotatable bonds is 8. The molecule has 0 radical (unpaired) electrons. The SMILES string of the molecule is C=CC(=O)N1CCC(N(N=O)c2ccncc2NC2=CC=C(Oc3ccccc3C)CC2)C1. The van der Waals surface area contributed by atoms with Crippen molar-refractivity contribution in [3.63, 3.8) is 0 Å². The number of carbonyl (C=O) groups excluding carboxylic acids is 1. The van der Waals surface area contributed by atoms with Crippen LogP contribution in [0.1, 0.15) is 24.8 Å². The first kappa shape index (κ1) is 22.3. The topological polar surface area (TPSA) is 87.1 Å². The zero-order chi connectivity index (χ0) is 23.2. The average molecular weight is 446 g/mol. The Morgan fingerprint density at radius 3 is 2.88 bits per heavy atom. The van der Waals surface area contributed by atoms with Crippen molar-refractivity contribution < 1.29 is 9.53 Å². The first-order valence-corrected chi connectivity index (χ1v) is 11.0. The van der Waals surface area contributed by atoms with Crippen molar-refractivity contribution in [2.75, 3.05) is 23.4 Å². The fourth-order valence-corrected chi connectivity index (χ4v) is 4.05. The third-order valence-corrected chi connectivity index (χ3v) is 5.87.